The zero-order valence-electron chi connectivity index (χ0n) is 12.6. The normalized spacial score (nSPS) is 11.3. The fraction of sp³-hybridized carbons (Fsp3) is 0.133. The average molecular weight is 354 g/mol. The molecular weight excluding hydrogens is 338 g/mol. The minimum atomic E-state index is -3.64. The summed E-state index contributed by atoms with van der Waals surface area (Å²) in [6.07, 6.45) is 0. The first-order valence-corrected chi connectivity index (χ1v) is 8.47. The average Bonchev–Trinajstić information content (AvgIpc) is 2.53. The minimum Gasteiger partial charge on any atom is -0.298 e. The Kier molecular flexibility index (Phi) is 5.25. The fourth-order valence-electron chi connectivity index (χ4n) is 1.77. The van der Waals surface area contributed by atoms with E-state index in [0.717, 1.165) is 4.31 Å². The van der Waals surface area contributed by atoms with E-state index in [1.807, 2.05) is 18.2 Å². The molecule has 0 aliphatic rings. The molecule has 0 spiro atoms. The smallest absolute Gasteiger partial charge is 0.271 e. The second-order valence-corrected chi connectivity index (χ2v) is 7.43. The van der Waals surface area contributed by atoms with Gasteiger partial charge in [0.15, 0.2) is 0 Å². The second kappa shape index (κ2) is 6.99. The van der Waals surface area contributed by atoms with Gasteiger partial charge in [-0.25, -0.2) is 12.7 Å². The molecule has 2 N–H and O–H groups in total. The van der Waals surface area contributed by atoms with Crippen LogP contribution in [0.2, 0.25) is 5.02 Å². The van der Waals surface area contributed by atoms with Crippen molar-refractivity contribution in [2.45, 2.75) is 4.90 Å². The highest BCUT2D eigenvalue weighted by Crippen LogP contribution is 2.22. The van der Waals surface area contributed by atoms with E-state index in [0.29, 0.717) is 5.69 Å². The van der Waals surface area contributed by atoms with Gasteiger partial charge in [-0.05, 0) is 30.3 Å². The first-order valence-electron chi connectivity index (χ1n) is 6.66. The van der Waals surface area contributed by atoms with Crippen molar-refractivity contribution in [2.75, 3.05) is 19.5 Å². The number of anilines is 1. The van der Waals surface area contributed by atoms with E-state index in [-0.39, 0.29) is 15.5 Å². The van der Waals surface area contributed by atoms with Crippen LogP contribution in [0.1, 0.15) is 10.4 Å². The molecule has 1 amide bonds. The summed E-state index contributed by atoms with van der Waals surface area (Å²) in [5.41, 5.74) is 5.97. The summed E-state index contributed by atoms with van der Waals surface area (Å²) in [5.74, 6) is -0.533. The first-order chi connectivity index (χ1) is 10.8. The Morgan fingerprint density at radius 2 is 1.74 bits per heavy atom. The molecule has 8 heteroatoms. The van der Waals surface area contributed by atoms with Gasteiger partial charge in [-0.15, -0.1) is 0 Å². The SMILES string of the molecule is CN(C)S(=O)(=O)c1ccc(Cl)c(C(=O)NNc2ccccc2)c1. The zero-order chi connectivity index (χ0) is 17.0. The van der Waals surface area contributed by atoms with Crippen molar-refractivity contribution in [1.29, 1.82) is 0 Å². The van der Waals surface area contributed by atoms with Gasteiger partial charge >= 0.3 is 0 Å². The molecule has 0 atom stereocenters. The Morgan fingerprint density at radius 1 is 1.09 bits per heavy atom. The lowest BCUT2D eigenvalue weighted by Crippen LogP contribution is -2.30. The Balaban J connectivity index is 2.23. The van der Waals surface area contributed by atoms with E-state index in [1.165, 1.54) is 32.3 Å². The Labute approximate surface area is 140 Å². The number of carbonyl (C=O) groups is 1. The lowest BCUT2D eigenvalue weighted by atomic mass is 10.2. The molecule has 0 aliphatic carbocycles. The third-order valence-electron chi connectivity index (χ3n) is 3.06. The molecule has 122 valence electrons. The molecule has 2 aromatic carbocycles. The minimum absolute atomic E-state index is 0.00300. The van der Waals surface area contributed by atoms with Crippen LogP contribution in [0, 0.1) is 0 Å². The van der Waals surface area contributed by atoms with Crippen LogP contribution in [0.15, 0.2) is 53.4 Å². The zero-order valence-corrected chi connectivity index (χ0v) is 14.1. The Bertz CT molecular complexity index is 808. The molecule has 23 heavy (non-hydrogen) atoms. The number of halogens is 1. The molecular formula is C15H16ClN3O3S. The van der Waals surface area contributed by atoms with Crippen LogP contribution in [-0.4, -0.2) is 32.7 Å². The summed E-state index contributed by atoms with van der Waals surface area (Å²) < 4.78 is 25.3. The molecule has 0 saturated heterocycles. The van der Waals surface area contributed by atoms with E-state index in [1.54, 1.807) is 12.1 Å². The third-order valence-corrected chi connectivity index (χ3v) is 5.20. The molecule has 0 aromatic heterocycles. The van der Waals surface area contributed by atoms with Gasteiger partial charge in [0.2, 0.25) is 10.0 Å². The van der Waals surface area contributed by atoms with Gasteiger partial charge in [0, 0.05) is 14.1 Å². The molecule has 6 nitrogen and oxygen atoms in total. The Morgan fingerprint density at radius 3 is 2.35 bits per heavy atom. The highest BCUT2D eigenvalue weighted by atomic mass is 35.5. The number of para-hydroxylation sites is 1. The monoisotopic (exact) mass is 353 g/mol. The van der Waals surface area contributed by atoms with Gasteiger partial charge in [-0.2, -0.15) is 0 Å². The standard InChI is InChI=1S/C15H16ClN3O3S/c1-19(2)23(21,22)12-8-9-14(16)13(10-12)15(20)18-17-11-6-4-3-5-7-11/h3-10,17H,1-2H3,(H,18,20). The van der Waals surface area contributed by atoms with Crippen molar-refractivity contribution in [3.8, 4) is 0 Å². The van der Waals surface area contributed by atoms with Gasteiger partial charge in [-0.3, -0.25) is 15.6 Å². The fourth-order valence-corrected chi connectivity index (χ4v) is 2.90. The summed E-state index contributed by atoms with van der Waals surface area (Å²) in [6, 6.07) is 13.0. The summed E-state index contributed by atoms with van der Waals surface area (Å²) in [6.45, 7) is 0. The number of nitrogens with one attached hydrogen (secondary N) is 2. The third kappa shape index (κ3) is 4.01. The number of amides is 1. The number of nitrogens with zero attached hydrogens (tertiary/aromatic N) is 1. The maximum absolute atomic E-state index is 12.2. The quantitative estimate of drug-likeness (QED) is 0.809. The molecule has 2 aromatic rings. The van der Waals surface area contributed by atoms with Crippen molar-refractivity contribution in [2.24, 2.45) is 0 Å². The summed E-state index contributed by atoms with van der Waals surface area (Å²) >= 11 is 6.01. The number of sulfonamides is 1. The van der Waals surface area contributed by atoms with Crippen LogP contribution in [0.3, 0.4) is 0 Å². The number of rotatable bonds is 5. The molecule has 0 aliphatic heterocycles. The second-order valence-electron chi connectivity index (χ2n) is 4.87. The highest BCUT2D eigenvalue weighted by Gasteiger charge is 2.20. The Hall–Kier alpha value is -2.09. The summed E-state index contributed by atoms with van der Waals surface area (Å²) in [5, 5.41) is 0.162. The van der Waals surface area contributed by atoms with E-state index in [4.69, 9.17) is 11.6 Å². The maximum Gasteiger partial charge on any atom is 0.271 e. The highest BCUT2D eigenvalue weighted by molar-refractivity contribution is 7.89. The summed E-state index contributed by atoms with van der Waals surface area (Å²) in [4.78, 5) is 12.2. The molecule has 0 radical (unpaired) electrons. The van der Waals surface area contributed by atoms with Crippen LogP contribution in [0.25, 0.3) is 0 Å². The predicted octanol–water partition coefficient (Wildman–Crippen LogP) is 2.35. The predicted molar refractivity (Wildman–Crippen MR) is 89.9 cm³/mol. The van der Waals surface area contributed by atoms with Crippen molar-refractivity contribution in [3.63, 3.8) is 0 Å². The van der Waals surface area contributed by atoms with Crippen LogP contribution in [0.4, 0.5) is 5.69 Å². The molecule has 0 fully saturated rings. The van der Waals surface area contributed by atoms with Crippen LogP contribution < -0.4 is 10.9 Å². The van der Waals surface area contributed by atoms with Crippen molar-refractivity contribution >= 4 is 33.2 Å². The van der Waals surface area contributed by atoms with Crippen molar-refractivity contribution in [1.82, 2.24) is 9.73 Å². The number of benzene rings is 2. The van der Waals surface area contributed by atoms with Crippen molar-refractivity contribution < 1.29 is 13.2 Å². The lowest BCUT2D eigenvalue weighted by molar-refractivity contribution is 0.0962. The van der Waals surface area contributed by atoms with Gasteiger partial charge in [0.05, 0.1) is 21.2 Å². The van der Waals surface area contributed by atoms with E-state index in [2.05, 4.69) is 10.9 Å². The number of hydrogen-bond donors (Lipinski definition) is 2. The molecule has 0 unspecified atom stereocenters. The van der Waals surface area contributed by atoms with Crippen LogP contribution in [0.5, 0.6) is 0 Å². The molecule has 0 bridgehead atoms. The van der Waals surface area contributed by atoms with Crippen LogP contribution in [-0.2, 0) is 10.0 Å². The van der Waals surface area contributed by atoms with E-state index in [9.17, 15) is 13.2 Å². The van der Waals surface area contributed by atoms with E-state index < -0.39 is 15.9 Å². The maximum atomic E-state index is 12.2. The van der Waals surface area contributed by atoms with Crippen LogP contribution >= 0.6 is 11.6 Å². The van der Waals surface area contributed by atoms with Crippen molar-refractivity contribution in [3.05, 3.63) is 59.1 Å². The molecule has 0 saturated carbocycles. The van der Waals surface area contributed by atoms with Gasteiger partial charge in [0.25, 0.3) is 5.91 Å². The first kappa shape index (κ1) is 17.3. The van der Waals surface area contributed by atoms with Gasteiger partial charge < -0.3 is 0 Å². The lowest BCUT2D eigenvalue weighted by Gasteiger charge is -2.14. The number of hydrazine groups is 1. The molecule has 2 rings (SSSR count). The summed E-state index contributed by atoms with van der Waals surface area (Å²) in [7, 11) is -0.808. The van der Waals surface area contributed by atoms with Gasteiger partial charge in [-0.1, -0.05) is 29.8 Å². The molecule has 0 heterocycles. The number of carbonyl (C=O) groups excluding carboxylic acids is 1. The topological polar surface area (TPSA) is 78.5 Å². The number of hydrogen-bond acceptors (Lipinski definition) is 4. The van der Waals surface area contributed by atoms with E-state index >= 15 is 0 Å². The van der Waals surface area contributed by atoms with Gasteiger partial charge in [0.1, 0.15) is 0 Å². The largest absolute Gasteiger partial charge is 0.298 e.